The standard InChI is InChI=1S/C13H9ClF3N3O/c14-8-3-7(4-9(18)5-8)12(21)20-10-1-2-11(19-6-10)13(15,16)17/h1-6H,18H2,(H,20,21). The first-order valence-electron chi connectivity index (χ1n) is 5.66. The lowest BCUT2D eigenvalue weighted by Crippen LogP contribution is -2.13. The van der Waals surface area contributed by atoms with Crippen LogP contribution in [0.1, 0.15) is 16.1 Å². The molecule has 2 aromatic rings. The highest BCUT2D eigenvalue weighted by atomic mass is 35.5. The fourth-order valence-corrected chi connectivity index (χ4v) is 1.83. The highest BCUT2D eigenvalue weighted by molar-refractivity contribution is 6.31. The van der Waals surface area contributed by atoms with Crippen LogP contribution in [-0.2, 0) is 6.18 Å². The minimum atomic E-state index is -4.52. The SMILES string of the molecule is Nc1cc(Cl)cc(C(=O)Nc2ccc(C(F)(F)F)nc2)c1. The maximum absolute atomic E-state index is 12.4. The van der Waals surface area contributed by atoms with Crippen LogP contribution in [0.3, 0.4) is 0 Å². The minimum absolute atomic E-state index is 0.131. The Hall–Kier alpha value is -2.28. The number of alkyl halides is 3. The third-order valence-electron chi connectivity index (χ3n) is 2.49. The Kier molecular flexibility index (Phi) is 4.04. The lowest BCUT2D eigenvalue weighted by molar-refractivity contribution is -0.141. The molecule has 8 heteroatoms. The molecule has 110 valence electrons. The quantitative estimate of drug-likeness (QED) is 0.832. The molecule has 0 spiro atoms. The van der Waals surface area contributed by atoms with Gasteiger partial charge in [-0.25, -0.2) is 4.98 Å². The van der Waals surface area contributed by atoms with Crippen LogP contribution in [0.2, 0.25) is 5.02 Å². The van der Waals surface area contributed by atoms with Crippen molar-refractivity contribution < 1.29 is 18.0 Å². The van der Waals surface area contributed by atoms with Crippen molar-refractivity contribution in [2.75, 3.05) is 11.1 Å². The fraction of sp³-hybridized carbons (Fsp3) is 0.0769. The van der Waals surface area contributed by atoms with Gasteiger partial charge in [0.1, 0.15) is 5.69 Å². The molecule has 0 fully saturated rings. The highest BCUT2D eigenvalue weighted by Crippen LogP contribution is 2.28. The van der Waals surface area contributed by atoms with Crippen LogP contribution >= 0.6 is 11.6 Å². The molecular formula is C13H9ClF3N3O. The van der Waals surface area contributed by atoms with Crippen LogP contribution in [0.5, 0.6) is 0 Å². The Morgan fingerprint density at radius 2 is 1.95 bits per heavy atom. The highest BCUT2D eigenvalue weighted by Gasteiger charge is 2.32. The van der Waals surface area contributed by atoms with Crippen LogP contribution in [-0.4, -0.2) is 10.9 Å². The minimum Gasteiger partial charge on any atom is -0.399 e. The number of rotatable bonds is 2. The molecule has 0 atom stereocenters. The molecule has 1 heterocycles. The molecule has 21 heavy (non-hydrogen) atoms. The second-order valence-electron chi connectivity index (χ2n) is 4.16. The first-order valence-corrected chi connectivity index (χ1v) is 6.04. The summed E-state index contributed by atoms with van der Waals surface area (Å²) in [7, 11) is 0. The number of halogens is 4. The molecule has 1 amide bonds. The van der Waals surface area contributed by atoms with Crippen molar-refractivity contribution in [1.82, 2.24) is 4.98 Å². The van der Waals surface area contributed by atoms with E-state index in [0.29, 0.717) is 5.69 Å². The monoisotopic (exact) mass is 315 g/mol. The average Bonchev–Trinajstić information content (AvgIpc) is 2.37. The molecule has 0 aliphatic rings. The number of amides is 1. The van der Waals surface area contributed by atoms with Crippen molar-refractivity contribution in [3.8, 4) is 0 Å². The van der Waals surface area contributed by atoms with Gasteiger partial charge < -0.3 is 11.1 Å². The predicted octanol–water partition coefficient (Wildman–Crippen LogP) is 3.59. The molecule has 2 rings (SSSR count). The van der Waals surface area contributed by atoms with Gasteiger partial charge in [0.2, 0.25) is 0 Å². The summed E-state index contributed by atoms with van der Waals surface area (Å²) < 4.78 is 37.1. The second kappa shape index (κ2) is 5.61. The number of hydrogen-bond donors (Lipinski definition) is 2. The number of carbonyl (C=O) groups excluding carboxylic acids is 1. The summed E-state index contributed by atoms with van der Waals surface area (Å²) in [6, 6.07) is 6.16. The smallest absolute Gasteiger partial charge is 0.399 e. The number of nitrogens with zero attached hydrogens (tertiary/aromatic N) is 1. The van der Waals surface area contributed by atoms with Gasteiger partial charge in [-0.3, -0.25) is 4.79 Å². The van der Waals surface area contributed by atoms with Crippen LogP contribution in [0.15, 0.2) is 36.5 Å². The van der Waals surface area contributed by atoms with E-state index in [0.717, 1.165) is 18.3 Å². The van der Waals surface area contributed by atoms with Crippen molar-refractivity contribution in [3.05, 3.63) is 52.8 Å². The normalized spacial score (nSPS) is 11.2. The van der Waals surface area contributed by atoms with Gasteiger partial charge in [-0.1, -0.05) is 11.6 Å². The summed E-state index contributed by atoms with van der Waals surface area (Å²) in [5.74, 6) is -0.550. The van der Waals surface area contributed by atoms with Crippen LogP contribution in [0.25, 0.3) is 0 Å². The van der Waals surface area contributed by atoms with Crippen molar-refractivity contribution in [2.24, 2.45) is 0 Å². The van der Waals surface area contributed by atoms with Crippen molar-refractivity contribution in [1.29, 1.82) is 0 Å². The zero-order chi connectivity index (χ0) is 15.6. The van der Waals surface area contributed by atoms with E-state index in [-0.39, 0.29) is 16.3 Å². The van der Waals surface area contributed by atoms with Crippen LogP contribution < -0.4 is 11.1 Å². The van der Waals surface area contributed by atoms with Crippen molar-refractivity contribution >= 4 is 28.9 Å². The van der Waals surface area contributed by atoms with Gasteiger partial charge in [-0.2, -0.15) is 13.2 Å². The third kappa shape index (κ3) is 3.85. The Bertz CT molecular complexity index is 651. The van der Waals surface area contributed by atoms with E-state index in [1.54, 1.807) is 0 Å². The van der Waals surface area contributed by atoms with E-state index in [1.165, 1.54) is 18.2 Å². The Morgan fingerprint density at radius 3 is 2.48 bits per heavy atom. The van der Waals surface area contributed by atoms with Gasteiger partial charge in [0.15, 0.2) is 0 Å². The van der Waals surface area contributed by atoms with Crippen LogP contribution in [0, 0.1) is 0 Å². The molecule has 0 unspecified atom stereocenters. The number of nitrogen functional groups attached to an aromatic ring is 1. The zero-order valence-corrected chi connectivity index (χ0v) is 11.2. The van der Waals surface area contributed by atoms with E-state index in [1.807, 2.05) is 0 Å². The number of carbonyl (C=O) groups is 1. The topological polar surface area (TPSA) is 68.0 Å². The number of nitrogens with two attached hydrogens (primary N) is 1. The van der Waals surface area contributed by atoms with Gasteiger partial charge in [0.25, 0.3) is 5.91 Å². The summed E-state index contributed by atoms with van der Waals surface area (Å²) in [4.78, 5) is 15.2. The number of hydrogen-bond acceptors (Lipinski definition) is 3. The number of aromatic nitrogens is 1. The average molecular weight is 316 g/mol. The van der Waals surface area contributed by atoms with E-state index in [4.69, 9.17) is 17.3 Å². The molecule has 0 saturated carbocycles. The van der Waals surface area contributed by atoms with Gasteiger partial charge in [-0.05, 0) is 30.3 Å². The zero-order valence-electron chi connectivity index (χ0n) is 10.4. The Labute approximate surface area is 122 Å². The summed E-state index contributed by atoms with van der Waals surface area (Å²) >= 11 is 5.77. The first-order chi connectivity index (χ1) is 9.75. The number of pyridine rings is 1. The lowest BCUT2D eigenvalue weighted by atomic mass is 10.2. The third-order valence-corrected chi connectivity index (χ3v) is 2.71. The van der Waals surface area contributed by atoms with Gasteiger partial charge in [-0.15, -0.1) is 0 Å². The molecule has 3 N–H and O–H groups in total. The van der Waals surface area contributed by atoms with Crippen molar-refractivity contribution in [3.63, 3.8) is 0 Å². The summed E-state index contributed by atoms with van der Waals surface area (Å²) in [6.07, 6.45) is -3.60. The maximum atomic E-state index is 12.4. The van der Waals surface area contributed by atoms with E-state index in [2.05, 4.69) is 10.3 Å². The van der Waals surface area contributed by atoms with E-state index in [9.17, 15) is 18.0 Å². The first kappa shape index (κ1) is 15.1. The van der Waals surface area contributed by atoms with Crippen molar-refractivity contribution in [2.45, 2.75) is 6.18 Å². The molecule has 4 nitrogen and oxygen atoms in total. The molecule has 0 radical (unpaired) electrons. The van der Waals surface area contributed by atoms with E-state index < -0.39 is 17.8 Å². The Morgan fingerprint density at radius 1 is 1.24 bits per heavy atom. The maximum Gasteiger partial charge on any atom is 0.433 e. The summed E-state index contributed by atoms with van der Waals surface area (Å²) in [5.41, 5.74) is 5.15. The number of anilines is 2. The molecule has 0 aliphatic heterocycles. The Balaban J connectivity index is 2.16. The largest absolute Gasteiger partial charge is 0.433 e. The molecule has 1 aromatic carbocycles. The number of benzene rings is 1. The van der Waals surface area contributed by atoms with Gasteiger partial charge >= 0.3 is 6.18 Å². The van der Waals surface area contributed by atoms with Crippen LogP contribution in [0.4, 0.5) is 24.5 Å². The van der Waals surface area contributed by atoms with Gasteiger partial charge in [0, 0.05) is 16.3 Å². The molecular weight excluding hydrogens is 307 g/mol. The number of nitrogens with one attached hydrogen (secondary N) is 1. The molecule has 0 saturated heterocycles. The van der Waals surface area contributed by atoms with Gasteiger partial charge in [0.05, 0.1) is 11.9 Å². The fourth-order valence-electron chi connectivity index (χ4n) is 1.58. The summed E-state index contributed by atoms with van der Waals surface area (Å²) in [5, 5.41) is 2.69. The lowest BCUT2D eigenvalue weighted by Gasteiger charge is -2.08. The molecule has 0 bridgehead atoms. The van der Waals surface area contributed by atoms with E-state index >= 15 is 0 Å². The molecule has 0 aliphatic carbocycles. The second-order valence-corrected chi connectivity index (χ2v) is 4.59. The molecule has 1 aromatic heterocycles. The summed E-state index contributed by atoms with van der Waals surface area (Å²) in [6.45, 7) is 0. The predicted molar refractivity (Wildman–Crippen MR) is 73.1 cm³/mol.